The molecule has 10 heteroatoms. The summed E-state index contributed by atoms with van der Waals surface area (Å²) in [6, 6.07) is 27.8. The Kier molecular flexibility index (Phi) is 10.9. The summed E-state index contributed by atoms with van der Waals surface area (Å²) < 4.78 is 10.5. The van der Waals surface area contributed by atoms with Crippen LogP contribution >= 0.6 is 23.4 Å². The summed E-state index contributed by atoms with van der Waals surface area (Å²) in [5.74, 6) is 0.0137. The smallest absolute Gasteiger partial charge is 0.272 e. The molecule has 0 saturated carbocycles. The molecule has 43 heavy (non-hydrogen) atoms. The minimum absolute atomic E-state index is 0.0500. The number of ether oxygens (including phenoxy) is 2. The lowest BCUT2D eigenvalue weighted by atomic mass is 10.1. The highest BCUT2D eigenvalue weighted by molar-refractivity contribution is 8.00. The van der Waals surface area contributed by atoms with Crippen LogP contribution in [0, 0.1) is 0 Å². The Morgan fingerprint density at radius 1 is 0.791 bits per heavy atom. The van der Waals surface area contributed by atoms with Gasteiger partial charge >= 0.3 is 0 Å². The van der Waals surface area contributed by atoms with Gasteiger partial charge in [-0.3, -0.25) is 14.4 Å². The average molecular weight is 616 g/mol. The molecule has 0 spiro atoms. The van der Waals surface area contributed by atoms with Crippen molar-refractivity contribution < 1.29 is 23.9 Å². The fourth-order valence-electron chi connectivity index (χ4n) is 3.90. The summed E-state index contributed by atoms with van der Waals surface area (Å²) in [5, 5.41) is 8.50. The zero-order valence-electron chi connectivity index (χ0n) is 23.7. The van der Waals surface area contributed by atoms with Crippen molar-refractivity contribution in [1.82, 2.24) is 5.32 Å². The number of anilines is 2. The molecule has 0 aromatic heterocycles. The second kappa shape index (κ2) is 14.9. The number of rotatable bonds is 11. The molecule has 0 saturated heterocycles. The van der Waals surface area contributed by atoms with Crippen LogP contribution in [0.3, 0.4) is 0 Å². The van der Waals surface area contributed by atoms with Crippen molar-refractivity contribution >= 4 is 58.5 Å². The number of thioether (sulfide) groups is 1. The number of methoxy groups -OCH3 is 2. The quantitative estimate of drug-likeness (QED) is 0.125. The highest BCUT2D eigenvalue weighted by Crippen LogP contribution is 2.29. The molecule has 0 aliphatic rings. The first kappa shape index (κ1) is 31.2. The van der Waals surface area contributed by atoms with Crippen molar-refractivity contribution in [2.24, 2.45) is 0 Å². The molecular weight excluding hydrogens is 586 g/mol. The minimum Gasteiger partial charge on any atom is -0.497 e. The van der Waals surface area contributed by atoms with Gasteiger partial charge in [0.15, 0.2) is 0 Å². The van der Waals surface area contributed by atoms with E-state index in [9.17, 15) is 14.4 Å². The van der Waals surface area contributed by atoms with Crippen LogP contribution in [0.5, 0.6) is 11.5 Å². The molecule has 3 amide bonds. The Balaban J connectivity index is 1.42. The Morgan fingerprint density at radius 3 is 2.09 bits per heavy atom. The summed E-state index contributed by atoms with van der Waals surface area (Å²) >= 11 is 7.49. The first-order chi connectivity index (χ1) is 20.7. The summed E-state index contributed by atoms with van der Waals surface area (Å²) in [4.78, 5) is 39.8. The summed E-state index contributed by atoms with van der Waals surface area (Å²) in [6.45, 7) is 1.80. The molecule has 0 fully saturated rings. The van der Waals surface area contributed by atoms with E-state index in [0.29, 0.717) is 39.0 Å². The molecular formula is C33H30ClN3O5S. The molecule has 3 N–H and O–H groups in total. The molecule has 1 atom stereocenters. The topological polar surface area (TPSA) is 106 Å². The maximum Gasteiger partial charge on any atom is 0.272 e. The van der Waals surface area contributed by atoms with E-state index in [1.807, 2.05) is 12.1 Å². The van der Waals surface area contributed by atoms with Gasteiger partial charge in [0.25, 0.3) is 11.8 Å². The van der Waals surface area contributed by atoms with Crippen molar-refractivity contribution in [1.29, 1.82) is 0 Å². The molecule has 220 valence electrons. The molecule has 0 aliphatic carbocycles. The van der Waals surface area contributed by atoms with Crippen LogP contribution < -0.4 is 25.4 Å². The van der Waals surface area contributed by atoms with Crippen LogP contribution in [0.1, 0.15) is 22.8 Å². The molecule has 0 bridgehead atoms. The summed E-state index contributed by atoms with van der Waals surface area (Å²) in [6.07, 6.45) is 1.56. The van der Waals surface area contributed by atoms with Gasteiger partial charge in [-0.25, -0.2) is 0 Å². The number of nitrogens with one attached hydrogen (secondary N) is 3. The van der Waals surface area contributed by atoms with Crippen molar-refractivity contribution in [3.8, 4) is 11.5 Å². The SMILES string of the molecule is COc1cc(NC(=O)C(C)Sc2ccc(NC(=O)/C(=C/c3cccc(Cl)c3)NC(=O)c3ccccc3)cc2)cc(OC)c1. The Labute approximate surface area is 259 Å². The number of amides is 3. The van der Waals surface area contributed by atoms with Gasteiger partial charge in [0.1, 0.15) is 17.2 Å². The first-order valence-corrected chi connectivity index (χ1v) is 14.5. The fraction of sp³-hybridized carbons (Fsp3) is 0.121. The molecule has 4 aromatic carbocycles. The number of benzene rings is 4. The second-order valence-electron chi connectivity index (χ2n) is 9.26. The Bertz CT molecular complexity index is 1610. The van der Waals surface area contributed by atoms with E-state index in [1.54, 1.807) is 112 Å². The predicted molar refractivity (Wildman–Crippen MR) is 172 cm³/mol. The third-order valence-electron chi connectivity index (χ3n) is 6.10. The minimum atomic E-state index is -0.508. The number of halogens is 1. The van der Waals surface area contributed by atoms with E-state index >= 15 is 0 Å². The Hall–Kier alpha value is -4.73. The van der Waals surface area contributed by atoms with Crippen molar-refractivity contribution in [3.63, 3.8) is 0 Å². The molecule has 1 unspecified atom stereocenters. The first-order valence-electron chi connectivity index (χ1n) is 13.2. The molecule has 8 nitrogen and oxygen atoms in total. The zero-order valence-corrected chi connectivity index (χ0v) is 25.3. The average Bonchev–Trinajstić information content (AvgIpc) is 3.01. The second-order valence-corrected chi connectivity index (χ2v) is 11.1. The van der Waals surface area contributed by atoms with Gasteiger partial charge in [-0.15, -0.1) is 11.8 Å². The van der Waals surface area contributed by atoms with Gasteiger partial charge in [-0.2, -0.15) is 0 Å². The molecule has 0 aliphatic heterocycles. The molecule has 4 aromatic rings. The third-order valence-corrected chi connectivity index (χ3v) is 7.45. The summed E-state index contributed by atoms with van der Waals surface area (Å²) in [5.41, 5.74) is 2.19. The normalized spacial score (nSPS) is 11.7. The van der Waals surface area contributed by atoms with E-state index in [0.717, 1.165) is 4.90 Å². The number of carbonyl (C=O) groups excluding carboxylic acids is 3. The van der Waals surface area contributed by atoms with Gasteiger partial charge in [0, 0.05) is 45.1 Å². The predicted octanol–water partition coefficient (Wildman–Crippen LogP) is 6.89. The van der Waals surface area contributed by atoms with Crippen LogP contribution in [0.2, 0.25) is 5.02 Å². The lowest BCUT2D eigenvalue weighted by molar-refractivity contribution is -0.115. The van der Waals surface area contributed by atoms with Crippen LogP contribution in [-0.4, -0.2) is 37.2 Å². The van der Waals surface area contributed by atoms with Gasteiger partial charge in [-0.05, 0) is 67.1 Å². The lowest BCUT2D eigenvalue weighted by Crippen LogP contribution is -2.30. The number of hydrogen-bond acceptors (Lipinski definition) is 6. The van der Waals surface area contributed by atoms with E-state index in [4.69, 9.17) is 21.1 Å². The highest BCUT2D eigenvalue weighted by atomic mass is 35.5. The zero-order chi connectivity index (χ0) is 30.8. The fourth-order valence-corrected chi connectivity index (χ4v) is 4.97. The number of hydrogen-bond donors (Lipinski definition) is 3. The van der Waals surface area contributed by atoms with Crippen LogP contribution in [0.15, 0.2) is 108 Å². The Morgan fingerprint density at radius 2 is 1.47 bits per heavy atom. The van der Waals surface area contributed by atoms with Crippen LogP contribution in [-0.2, 0) is 9.59 Å². The standard InChI is InChI=1S/C33H30ClN3O5S/c1-21(31(38)36-26-18-27(41-2)20-28(19-26)42-3)43-29-14-12-25(13-15-29)35-33(40)30(17-22-8-7-11-24(34)16-22)37-32(39)23-9-5-4-6-10-23/h4-21H,1-3H3,(H,35,40)(H,36,38)(H,37,39)/b30-17-. The number of carbonyl (C=O) groups is 3. The van der Waals surface area contributed by atoms with E-state index in [-0.39, 0.29) is 11.6 Å². The molecule has 4 rings (SSSR count). The molecule has 0 radical (unpaired) electrons. The van der Waals surface area contributed by atoms with Crippen molar-refractivity contribution in [2.45, 2.75) is 17.1 Å². The largest absolute Gasteiger partial charge is 0.497 e. The van der Waals surface area contributed by atoms with Crippen molar-refractivity contribution in [3.05, 3.63) is 119 Å². The summed E-state index contributed by atoms with van der Waals surface area (Å²) in [7, 11) is 3.09. The van der Waals surface area contributed by atoms with Gasteiger partial charge < -0.3 is 25.4 Å². The monoisotopic (exact) mass is 615 g/mol. The van der Waals surface area contributed by atoms with Gasteiger partial charge in [-0.1, -0.05) is 41.9 Å². The van der Waals surface area contributed by atoms with Crippen LogP contribution in [0.4, 0.5) is 11.4 Å². The van der Waals surface area contributed by atoms with E-state index in [1.165, 1.54) is 11.8 Å². The lowest BCUT2D eigenvalue weighted by Gasteiger charge is -2.14. The maximum absolute atomic E-state index is 13.3. The van der Waals surface area contributed by atoms with E-state index in [2.05, 4.69) is 16.0 Å². The van der Waals surface area contributed by atoms with E-state index < -0.39 is 17.1 Å². The maximum atomic E-state index is 13.3. The van der Waals surface area contributed by atoms with Gasteiger partial charge in [0.2, 0.25) is 5.91 Å². The molecule has 0 heterocycles. The third kappa shape index (κ3) is 9.13. The highest BCUT2D eigenvalue weighted by Gasteiger charge is 2.17. The van der Waals surface area contributed by atoms with Crippen molar-refractivity contribution in [2.75, 3.05) is 24.9 Å². The van der Waals surface area contributed by atoms with Crippen LogP contribution in [0.25, 0.3) is 6.08 Å². The van der Waals surface area contributed by atoms with Gasteiger partial charge in [0.05, 0.1) is 19.5 Å².